The van der Waals surface area contributed by atoms with Gasteiger partial charge in [-0.1, -0.05) is 12.5 Å². The quantitative estimate of drug-likeness (QED) is 0.488. The van der Waals surface area contributed by atoms with Crippen molar-refractivity contribution in [3.05, 3.63) is 29.8 Å². The summed E-state index contributed by atoms with van der Waals surface area (Å²) in [5.41, 5.74) is 1.58. The first-order valence-electron chi connectivity index (χ1n) is 9.04. The molecular weight excluding hydrogens is 382 g/mol. The fourth-order valence-electron chi connectivity index (χ4n) is 3.42. The molecule has 2 aromatic heterocycles. The van der Waals surface area contributed by atoms with Crippen LogP contribution < -0.4 is 16.0 Å². The molecule has 27 heavy (non-hydrogen) atoms. The zero-order chi connectivity index (χ0) is 18.6. The lowest BCUT2D eigenvalue weighted by Crippen LogP contribution is -2.36. The van der Waals surface area contributed by atoms with Crippen molar-refractivity contribution in [1.29, 1.82) is 0 Å². The maximum atomic E-state index is 12.1. The average molecular weight is 404 g/mol. The van der Waals surface area contributed by atoms with Gasteiger partial charge in [-0.2, -0.15) is 11.8 Å². The predicted molar refractivity (Wildman–Crippen MR) is 108 cm³/mol. The highest BCUT2D eigenvalue weighted by Gasteiger charge is 2.42. The molecule has 0 spiro atoms. The number of fused-ring (bicyclic) bond motifs is 1. The van der Waals surface area contributed by atoms with E-state index in [2.05, 4.69) is 25.9 Å². The van der Waals surface area contributed by atoms with E-state index >= 15 is 0 Å². The molecule has 2 aliphatic heterocycles. The number of amides is 3. The molecule has 0 bridgehead atoms. The van der Waals surface area contributed by atoms with Crippen molar-refractivity contribution in [2.24, 2.45) is 0 Å². The van der Waals surface area contributed by atoms with Gasteiger partial charge in [-0.3, -0.25) is 9.78 Å². The lowest BCUT2D eigenvalue weighted by molar-refractivity contribution is -0.116. The number of aromatic nitrogens is 2. The van der Waals surface area contributed by atoms with Crippen LogP contribution in [0.5, 0.6) is 0 Å². The first kappa shape index (κ1) is 18.2. The van der Waals surface area contributed by atoms with Crippen molar-refractivity contribution < 1.29 is 9.59 Å². The Balaban J connectivity index is 1.18. The zero-order valence-corrected chi connectivity index (χ0v) is 16.3. The maximum absolute atomic E-state index is 12.1. The number of hydrogen-bond donors (Lipinski definition) is 3. The molecule has 2 aromatic rings. The van der Waals surface area contributed by atoms with E-state index in [1.807, 2.05) is 35.3 Å². The van der Waals surface area contributed by atoms with Crippen LogP contribution in [0.4, 0.5) is 9.93 Å². The highest BCUT2D eigenvalue weighted by Crippen LogP contribution is 2.33. The van der Waals surface area contributed by atoms with Crippen LogP contribution >= 0.6 is 23.1 Å². The number of urea groups is 1. The van der Waals surface area contributed by atoms with Crippen molar-refractivity contribution in [1.82, 2.24) is 20.6 Å². The Hall–Kier alpha value is -2.13. The summed E-state index contributed by atoms with van der Waals surface area (Å²) in [5, 5.41) is 11.8. The fraction of sp³-hybridized carbons (Fsp3) is 0.444. The van der Waals surface area contributed by atoms with Crippen LogP contribution in [0.3, 0.4) is 0 Å². The molecule has 0 unspecified atom stereocenters. The lowest BCUT2D eigenvalue weighted by atomic mass is 10.0. The van der Waals surface area contributed by atoms with Gasteiger partial charge in [0, 0.05) is 29.0 Å². The molecule has 9 heteroatoms. The minimum Gasteiger partial charge on any atom is -0.332 e. The largest absolute Gasteiger partial charge is 0.332 e. The number of unbranched alkanes of at least 4 members (excludes halogenated alkanes) is 1. The fourth-order valence-corrected chi connectivity index (χ4v) is 5.68. The second-order valence-corrected chi connectivity index (χ2v) is 8.80. The van der Waals surface area contributed by atoms with E-state index < -0.39 is 0 Å². The number of nitrogens with zero attached hydrogens (tertiary/aromatic N) is 2. The minimum atomic E-state index is -0.0526. The van der Waals surface area contributed by atoms with Gasteiger partial charge in [0.2, 0.25) is 5.91 Å². The average Bonchev–Trinajstić information content (AvgIpc) is 3.36. The van der Waals surface area contributed by atoms with Crippen LogP contribution in [-0.4, -0.2) is 45.0 Å². The molecule has 142 valence electrons. The van der Waals surface area contributed by atoms with Gasteiger partial charge in [0.25, 0.3) is 0 Å². The number of thioether (sulfide) groups is 1. The second-order valence-electron chi connectivity index (χ2n) is 6.67. The van der Waals surface area contributed by atoms with E-state index in [1.54, 1.807) is 6.20 Å². The topological polar surface area (TPSA) is 96.0 Å². The van der Waals surface area contributed by atoms with E-state index in [0.717, 1.165) is 36.4 Å². The minimum absolute atomic E-state index is 0.00953. The molecule has 3 N–H and O–H groups in total. The predicted octanol–water partition coefficient (Wildman–Crippen LogP) is 2.87. The van der Waals surface area contributed by atoms with Gasteiger partial charge < -0.3 is 16.0 Å². The van der Waals surface area contributed by atoms with Gasteiger partial charge in [-0.05, 0) is 25.0 Å². The van der Waals surface area contributed by atoms with Crippen LogP contribution in [0.2, 0.25) is 0 Å². The normalized spacial score (nSPS) is 23.6. The third-order valence-electron chi connectivity index (χ3n) is 4.76. The van der Waals surface area contributed by atoms with E-state index in [0.29, 0.717) is 16.8 Å². The van der Waals surface area contributed by atoms with Crippen LogP contribution in [-0.2, 0) is 4.79 Å². The molecule has 0 radical (unpaired) electrons. The summed E-state index contributed by atoms with van der Waals surface area (Å²) < 4.78 is 0. The van der Waals surface area contributed by atoms with Gasteiger partial charge in [-0.15, -0.1) is 11.3 Å². The Kier molecular flexibility index (Phi) is 5.58. The number of nitrogens with one attached hydrogen (secondary N) is 3. The number of anilines is 1. The van der Waals surface area contributed by atoms with Crippen molar-refractivity contribution >= 4 is 40.2 Å². The van der Waals surface area contributed by atoms with Crippen LogP contribution in [0.15, 0.2) is 29.8 Å². The van der Waals surface area contributed by atoms with Crippen molar-refractivity contribution in [3.63, 3.8) is 0 Å². The molecule has 0 saturated carbocycles. The highest BCUT2D eigenvalue weighted by atomic mass is 32.2. The Morgan fingerprint density at radius 2 is 2.19 bits per heavy atom. The van der Waals surface area contributed by atoms with Crippen molar-refractivity contribution in [2.45, 2.75) is 43.0 Å². The Morgan fingerprint density at radius 3 is 3.04 bits per heavy atom. The third kappa shape index (κ3) is 4.41. The molecule has 2 saturated heterocycles. The molecule has 7 nitrogen and oxygen atoms in total. The summed E-state index contributed by atoms with van der Waals surface area (Å²) in [4.78, 5) is 32.2. The van der Waals surface area contributed by atoms with Crippen LogP contribution in [0.25, 0.3) is 11.4 Å². The number of pyridine rings is 1. The number of hydrogen-bond acceptors (Lipinski definition) is 6. The summed E-state index contributed by atoms with van der Waals surface area (Å²) in [6, 6.07) is 6.11. The van der Waals surface area contributed by atoms with E-state index in [-0.39, 0.29) is 24.0 Å². The maximum Gasteiger partial charge on any atom is 0.315 e. The first-order chi connectivity index (χ1) is 13.2. The monoisotopic (exact) mass is 403 g/mol. The summed E-state index contributed by atoms with van der Waals surface area (Å²) in [5.74, 6) is 0.960. The zero-order valence-electron chi connectivity index (χ0n) is 14.7. The highest BCUT2D eigenvalue weighted by molar-refractivity contribution is 8.00. The standard InChI is InChI=1S/C18H21N5O2S2/c24-15(22-18-21-12(9-27-18)11-5-3-4-8-19-11)7-2-1-6-14-16-13(10-26-14)20-17(25)23-16/h3-5,8-9,13-14,16H,1-2,6-7,10H2,(H2,20,23,25)(H,21,22,24)/t13-,14+,16+/m0/s1. The van der Waals surface area contributed by atoms with Crippen molar-refractivity contribution in [2.75, 3.05) is 11.1 Å². The molecule has 2 aliphatic rings. The van der Waals surface area contributed by atoms with E-state index in [9.17, 15) is 9.59 Å². The van der Waals surface area contributed by atoms with Crippen molar-refractivity contribution in [3.8, 4) is 11.4 Å². The molecule has 2 fully saturated rings. The first-order valence-corrected chi connectivity index (χ1v) is 11.0. The number of rotatable bonds is 7. The van der Waals surface area contributed by atoms with Gasteiger partial charge in [0.05, 0.1) is 17.8 Å². The Bertz CT molecular complexity index is 813. The van der Waals surface area contributed by atoms with Gasteiger partial charge >= 0.3 is 6.03 Å². The van der Waals surface area contributed by atoms with Gasteiger partial charge in [0.1, 0.15) is 5.69 Å². The van der Waals surface area contributed by atoms with Crippen LogP contribution in [0.1, 0.15) is 25.7 Å². The van der Waals surface area contributed by atoms with Gasteiger partial charge in [-0.25, -0.2) is 9.78 Å². The third-order valence-corrected chi connectivity index (χ3v) is 7.02. The smallest absolute Gasteiger partial charge is 0.315 e. The SMILES string of the molecule is O=C(CCCC[C@H]1SC[C@@H]2NC(=O)N[C@H]21)Nc1nc(-c2ccccn2)cs1. The lowest BCUT2D eigenvalue weighted by Gasteiger charge is -2.16. The summed E-state index contributed by atoms with van der Waals surface area (Å²) in [6.07, 6.45) is 5.03. The number of carbonyl (C=O) groups is 2. The molecule has 0 aromatic carbocycles. The molecule has 3 atom stereocenters. The summed E-state index contributed by atoms with van der Waals surface area (Å²) in [6.45, 7) is 0. The van der Waals surface area contributed by atoms with E-state index in [4.69, 9.17) is 0 Å². The molecule has 3 amide bonds. The second kappa shape index (κ2) is 8.26. The Labute approximate surface area is 165 Å². The molecule has 0 aliphatic carbocycles. The summed E-state index contributed by atoms with van der Waals surface area (Å²) >= 11 is 3.32. The molecule has 4 rings (SSSR count). The number of thiazole rings is 1. The number of carbonyl (C=O) groups excluding carboxylic acids is 2. The molecule has 4 heterocycles. The molecular formula is C18H21N5O2S2. The van der Waals surface area contributed by atoms with Gasteiger partial charge in [0.15, 0.2) is 5.13 Å². The summed E-state index contributed by atoms with van der Waals surface area (Å²) in [7, 11) is 0. The van der Waals surface area contributed by atoms with E-state index in [1.165, 1.54) is 11.3 Å². The Morgan fingerprint density at radius 1 is 1.26 bits per heavy atom. The van der Waals surface area contributed by atoms with Crippen LogP contribution in [0, 0.1) is 0 Å².